The van der Waals surface area contributed by atoms with Crippen LogP contribution in [0.4, 0.5) is 10.5 Å². The van der Waals surface area contributed by atoms with Gasteiger partial charge in [-0.25, -0.2) is 9.78 Å². The number of nitrogens with zero attached hydrogens (tertiary/aromatic N) is 2. The van der Waals surface area contributed by atoms with Crippen molar-refractivity contribution >= 4 is 33.6 Å². The van der Waals surface area contributed by atoms with Crippen LogP contribution >= 0.6 is 15.9 Å². The first kappa shape index (κ1) is 16.7. The van der Waals surface area contributed by atoms with Gasteiger partial charge >= 0.3 is 6.09 Å². The summed E-state index contributed by atoms with van der Waals surface area (Å²) in [5.41, 5.74) is 0.0281. The molecule has 1 aromatic rings. The van der Waals surface area contributed by atoms with Crippen LogP contribution in [0.25, 0.3) is 0 Å². The maximum atomic E-state index is 12.4. The van der Waals surface area contributed by atoms with E-state index >= 15 is 0 Å². The summed E-state index contributed by atoms with van der Waals surface area (Å²) < 4.78 is 6.05. The zero-order valence-corrected chi connectivity index (χ0v) is 14.5. The topological polar surface area (TPSA) is 71.5 Å². The Labute approximate surface area is 138 Å². The predicted octanol–water partition coefficient (Wildman–Crippen LogP) is 3.18. The van der Waals surface area contributed by atoms with Gasteiger partial charge in [0.05, 0.1) is 11.9 Å². The van der Waals surface area contributed by atoms with Gasteiger partial charge in [-0.15, -0.1) is 0 Å². The Bertz CT molecular complexity index is 554. The van der Waals surface area contributed by atoms with Crippen LogP contribution < -0.4 is 5.32 Å². The fraction of sp³-hybridized carbons (Fsp3) is 0.533. The van der Waals surface area contributed by atoms with Gasteiger partial charge in [0.15, 0.2) is 0 Å². The van der Waals surface area contributed by atoms with Crippen molar-refractivity contribution in [3.63, 3.8) is 0 Å². The number of likely N-dealkylation sites (tertiary alicyclic amines) is 1. The molecule has 1 aliphatic heterocycles. The molecule has 0 radical (unpaired) electrons. The largest absolute Gasteiger partial charge is 0.444 e. The van der Waals surface area contributed by atoms with Crippen molar-refractivity contribution < 1.29 is 14.3 Å². The van der Waals surface area contributed by atoms with Gasteiger partial charge in [0.1, 0.15) is 16.2 Å². The van der Waals surface area contributed by atoms with Gasteiger partial charge < -0.3 is 10.1 Å². The summed E-state index contributed by atoms with van der Waals surface area (Å²) in [5.74, 6) is -0.215. The number of rotatable bonds is 2. The number of hydrogen-bond donors (Lipinski definition) is 1. The molecule has 1 atom stereocenters. The third kappa shape index (κ3) is 4.43. The number of carbonyl (C=O) groups is 2. The van der Waals surface area contributed by atoms with Crippen LogP contribution in [0.15, 0.2) is 22.9 Å². The molecule has 1 saturated heterocycles. The summed E-state index contributed by atoms with van der Waals surface area (Å²) in [6.45, 7) is 5.96. The maximum absolute atomic E-state index is 12.4. The van der Waals surface area contributed by atoms with Crippen molar-refractivity contribution in [2.24, 2.45) is 0 Å². The molecule has 2 rings (SSSR count). The highest BCUT2D eigenvalue weighted by Crippen LogP contribution is 2.22. The van der Waals surface area contributed by atoms with E-state index in [1.807, 2.05) is 20.8 Å². The lowest BCUT2D eigenvalue weighted by Gasteiger charge is -2.28. The molecule has 0 aliphatic carbocycles. The van der Waals surface area contributed by atoms with Crippen molar-refractivity contribution in [1.82, 2.24) is 9.88 Å². The third-order valence-electron chi connectivity index (χ3n) is 3.18. The number of amides is 2. The summed E-state index contributed by atoms with van der Waals surface area (Å²) >= 11 is 3.24. The first-order valence-corrected chi connectivity index (χ1v) is 7.97. The van der Waals surface area contributed by atoms with Crippen molar-refractivity contribution in [1.29, 1.82) is 0 Å². The van der Waals surface area contributed by atoms with Gasteiger partial charge in [-0.05, 0) is 61.7 Å². The maximum Gasteiger partial charge on any atom is 0.410 e. The number of hydrogen-bond acceptors (Lipinski definition) is 4. The molecule has 6 nitrogen and oxygen atoms in total. The molecule has 2 heterocycles. The molecule has 1 aliphatic rings. The zero-order valence-electron chi connectivity index (χ0n) is 12.9. The monoisotopic (exact) mass is 369 g/mol. The van der Waals surface area contributed by atoms with Crippen LogP contribution in [0.5, 0.6) is 0 Å². The Hall–Kier alpha value is -1.63. The second kappa shape index (κ2) is 6.64. The molecule has 1 fully saturated rings. The molecule has 1 N–H and O–H groups in total. The van der Waals surface area contributed by atoms with Crippen LogP contribution in [0, 0.1) is 0 Å². The van der Waals surface area contributed by atoms with Gasteiger partial charge in [0.25, 0.3) is 0 Å². The third-order valence-corrected chi connectivity index (χ3v) is 3.65. The number of aromatic nitrogens is 1. The Morgan fingerprint density at radius 1 is 1.41 bits per heavy atom. The summed E-state index contributed by atoms with van der Waals surface area (Å²) in [6, 6.07) is 3.00. The van der Waals surface area contributed by atoms with Crippen LogP contribution in [0.1, 0.15) is 33.6 Å². The molecule has 0 spiro atoms. The number of pyridine rings is 1. The normalized spacial score (nSPS) is 18.2. The lowest BCUT2D eigenvalue weighted by atomic mass is 10.2. The first-order valence-electron chi connectivity index (χ1n) is 7.18. The van der Waals surface area contributed by atoms with Gasteiger partial charge in [-0.2, -0.15) is 0 Å². The molecular formula is C15H20BrN3O3. The standard InChI is InChI=1S/C15H20BrN3O3/c1-15(2,3)22-14(21)19-8-4-5-11(19)13(20)18-10-6-7-12(16)17-9-10/h6-7,9,11H,4-5,8H2,1-3H3,(H,18,20)/t11-/m1/s1. The van der Waals surface area contributed by atoms with Crippen LogP contribution in [-0.4, -0.2) is 40.1 Å². The fourth-order valence-corrected chi connectivity index (χ4v) is 2.49. The minimum atomic E-state index is -0.573. The quantitative estimate of drug-likeness (QED) is 0.812. The molecule has 0 unspecified atom stereocenters. The molecule has 0 bridgehead atoms. The van der Waals surface area contributed by atoms with Crippen molar-refractivity contribution in [3.8, 4) is 0 Å². The average molecular weight is 370 g/mol. The Morgan fingerprint density at radius 2 is 2.14 bits per heavy atom. The molecule has 1 aromatic heterocycles. The van der Waals surface area contributed by atoms with Crippen molar-refractivity contribution in [2.45, 2.75) is 45.3 Å². The summed E-state index contributed by atoms with van der Waals surface area (Å²) in [6.07, 6.45) is 2.54. The van der Waals surface area contributed by atoms with Crippen LogP contribution in [0.2, 0.25) is 0 Å². The van der Waals surface area contributed by atoms with Crippen molar-refractivity contribution in [3.05, 3.63) is 22.9 Å². The number of halogens is 1. The van der Waals surface area contributed by atoms with E-state index in [0.717, 1.165) is 6.42 Å². The number of carbonyl (C=O) groups excluding carboxylic acids is 2. The number of anilines is 1. The fourth-order valence-electron chi connectivity index (χ4n) is 2.25. The summed E-state index contributed by atoms with van der Waals surface area (Å²) in [4.78, 5) is 30.1. The number of ether oxygens (including phenoxy) is 1. The molecule has 22 heavy (non-hydrogen) atoms. The van der Waals surface area contributed by atoms with Crippen molar-refractivity contribution in [2.75, 3.05) is 11.9 Å². The van der Waals surface area contributed by atoms with E-state index < -0.39 is 17.7 Å². The molecule has 2 amide bonds. The predicted molar refractivity (Wildman–Crippen MR) is 86.5 cm³/mol. The van der Waals surface area contributed by atoms with E-state index in [9.17, 15) is 9.59 Å². The lowest BCUT2D eigenvalue weighted by molar-refractivity contribution is -0.120. The highest BCUT2D eigenvalue weighted by atomic mass is 79.9. The summed E-state index contributed by atoms with van der Waals surface area (Å²) in [7, 11) is 0. The average Bonchev–Trinajstić information content (AvgIpc) is 2.89. The van der Waals surface area contributed by atoms with Gasteiger partial charge in [-0.3, -0.25) is 9.69 Å². The molecule has 0 aromatic carbocycles. The lowest BCUT2D eigenvalue weighted by Crippen LogP contribution is -2.45. The number of nitrogens with one attached hydrogen (secondary N) is 1. The van der Waals surface area contributed by atoms with E-state index in [2.05, 4.69) is 26.2 Å². The molecular weight excluding hydrogens is 350 g/mol. The van der Waals surface area contributed by atoms with E-state index in [1.54, 1.807) is 18.3 Å². The SMILES string of the molecule is CC(C)(C)OC(=O)N1CCC[C@@H]1C(=O)Nc1ccc(Br)nc1. The van der Waals surface area contributed by atoms with E-state index in [4.69, 9.17) is 4.74 Å². The molecule has 7 heteroatoms. The van der Waals surface area contributed by atoms with Crippen LogP contribution in [-0.2, 0) is 9.53 Å². The van der Waals surface area contributed by atoms with Gasteiger partial charge in [0.2, 0.25) is 5.91 Å². The second-order valence-electron chi connectivity index (χ2n) is 6.19. The zero-order chi connectivity index (χ0) is 16.3. The smallest absolute Gasteiger partial charge is 0.410 e. The first-order chi connectivity index (χ1) is 10.3. The highest BCUT2D eigenvalue weighted by molar-refractivity contribution is 9.10. The molecule has 0 saturated carbocycles. The van der Waals surface area contributed by atoms with E-state index in [-0.39, 0.29) is 5.91 Å². The second-order valence-corrected chi connectivity index (χ2v) is 7.00. The highest BCUT2D eigenvalue weighted by Gasteiger charge is 2.36. The Kier molecular flexibility index (Phi) is 5.05. The minimum absolute atomic E-state index is 0.215. The Balaban J connectivity index is 2.01. The Morgan fingerprint density at radius 3 is 2.73 bits per heavy atom. The van der Waals surface area contributed by atoms with Crippen LogP contribution in [0.3, 0.4) is 0 Å². The minimum Gasteiger partial charge on any atom is -0.444 e. The van der Waals surface area contributed by atoms with Gasteiger partial charge in [0, 0.05) is 6.54 Å². The summed E-state index contributed by atoms with van der Waals surface area (Å²) in [5, 5.41) is 2.79. The van der Waals surface area contributed by atoms with E-state index in [0.29, 0.717) is 23.3 Å². The molecule has 120 valence electrons. The van der Waals surface area contributed by atoms with Gasteiger partial charge in [-0.1, -0.05) is 0 Å². The van der Waals surface area contributed by atoms with E-state index in [1.165, 1.54) is 4.90 Å².